The van der Waals surface area contributed by atoms with Gasteiger partial charge in [0.25, 0.3) is 0 Å². The maximum Gasteiger partial charge on any atom is 0.164 e. The summed E-state index contributed by atoms with van der Waals surface area (Å²) < 4.78 is 50.8. The molecule has 0 amide bonds. The van der Waals surface area contributed by atoms with E-state index in [9.17, 15) is 0 Å². The molecule has 0 saturated heterocycles. The van der Waals surface area contributed by atoms with Gasteiger partial charge in [0, 0.05) is 47.6 Å². The number of furan rings is 1. The van der Waals surface area contributed by atoms with Gasteiger partial charge in [-0.3, -0.25) is 0 Å². The molecular formula is C55H33N3OS. The highest BCUT2D eigenvalue weighted by atomic mass is 32.1. The molecular weight excluding hydrogens is 751 g/mol. The first-order valence-electron chi connectivity index (χ1n) is 22.2. The van der Waals surface area contributed by atoms with E-state index in [1.807, 2.05) is 84.9 Å². The molecule has 3 aromatic heterocycles. The first kappa shape index (κ1) is 29.5. The van der Waals surface area contributed by atoms with Gasteiger partial charge in [-0.25, -0.2) is 15.0 Å². The van der Waals surface area contributed by atoms with Gasteiger partial charge in [-0.1, -0.05) is 170 Å². The van der Waals surface area contributed by atoms with Crippen LogP contribution in [0.4, 0.5) is 0 Å². The number of thiophene rings is 1. The third-order valence-corrected chi connectivity index (χ3v) is 12.5. The average Bonchev–Trinajstić information content (AvgIpc) is 3.94. The molecule has 0 N–H and O–H groups in total. The molecule has 0 fully saturated rings. The van der Waals surface area contributed by atoms with E-state index in [1.54, 1.807) is 11.3 Å². The van der Waals surface area contributed by atoms with Crippen LogP contribution >= 0.6 is 11.3 Å². The predicted octanol–water partition coefficient (Wildman–Crippen LogP) is 15.3. The van der Waals surface area contributed by atoms with E-state index in [-0.39, 0.29) is 29.7 Å². The molecule has 0 atom stereocenters. The zero-order valence-electron chi connectivity index (χ0n) is 36.8. The summed E-state index contributed by atoms with van der Waals surface area (Å²) in [5.41, 5.74) is 9.02. The van der Waals surface area contributed by atoms with Crippen LogP contribution in [-0.2, 0) is 0 Å². The normalized spacial score (nSPS) is 12.8. The third kappa shape index (κ3) is 5.78. The number of nitrogens with zero attached hydrogens (tertiary/aromatic N) is 3. The second-order valence-corrected chi connectivity index (χ2v) is 15.8. The smallest absolute Gasteiger partial charge is 0.164 e. The second kappa shape index (κ2) is 14.0. The van der Waals surface area contributed by atoms with Gasteiger partial charge in [0.2, 0.25) is 0 Å². The Labute approximate surface area is 356 Å². The molecule has 12 aromatic rings. The molecule has 5 heteroatoms. The highest BCUT2D eigenvalue weighted by Gasteiger charge is 2.19. The Morgan fingerprint density at radius 3 is 1.73 bits per heavy atom. The lowest BCUT2D eigenvalue weighted by atomic mass is 9.95. The van der Waals surface area contributed by atoms with Gasteiger partial charge in [-0.05, 0) is 74.5 Å². The van der Waals surface area contributed by atoms with Gasteiger partial charge in [0.15, 0.2) is 17.5 Å². The van der Waals surface area contributed by atoms with Crippen molar-refractivity contribution in [1.82, 2.24) is 15.0 Å². The lowest BCUT2D eigenvalue weighted by Crippen LogP contribution is -2.01. The van der Waals surface area contributed by atoms with E-state index >= 15 is 0 Å². The summed E-state index contributed by atoms with van der Waals surface area (Å²) in [6.45, 7) is 0. The Kier molecular flexibility index (Phi) is 6.87. The molecule has 0 aliphatic heterocycles. The van der Waals surface area contributed by atoms with Crippen LogP contribution in [0, 0.1) is 0 Å². The third-order valence-electron chi connectivity index (χ3n) is 11.2. The van der Waals surface area contributed by atoms with Crippen LogP contribution in [-0.4, -0.2) is 15.0 Å². The molecule has 0 spiro atoms. The van der Waals surface area contributed by atoms with Gasteiger partial charge in [-0.15, -0.1) is 11.3 Å². The Morgan fingerprint density at radius 2 is 0.950 bits per heavy atom. The first-order valence-corrected chi connectivity index (χ1v) is 20.5. The zero-order chi connectivity index (χ0) is 43.9. The van der Waals surface area contributed by atoms with Crippen LogP contribution in [0.25, 0.3) is 120 Å². The van der Waals surface area contributed by atoms with Crippen LogP contribution in [0.5, 0.6) is 0 Å². The molecule has 12 rings (SSSR count). The molecule has 280 valence electrons. The highest BCUT2D eigenvalue weighted by molar-refractivity contribution is 7.26. The summed E-state index contributed by atoms with van der Waals surface area (Å²) in [5, 5.41) is 6.02. The monoisotopic (exact) mass is 788 g/mol. The van der Waals surface area contributed by atoms with Crippen molar-refractivity contribution in [2.75, 3.05) is 0 Å². The summed E-state index contributed by atoms with van der Waals surface area (Å²) in [4.78, 5) is 15.6. The van der Waals surface area contributed by atoms with Crippen LogP contribution in [0.15, 0.2) is 204 Å². The Bertz CT molecular complexity index is 3870. The number of benzene rings is 9. The van der Waals surface area contributed by atoms with Crippen LogP contribution in [0.1, 0.15) is 6.85 Å². The summed E-state index contributed by atoms with van der Waals surface area (Å²) in [6, 6.07) is 55.8. The van der Waals surface area contributed by atoms with Gasteiger partial charge in [-0.2, -0.15) is 0 Å². The van der Waals surface area contributed by atoms with E-state index < -0.39 is 6.04 Å². The molecule has 0 aliphatic rings. The standard InChI is InChI=1S/C55H33N3OS/c1-3-13-34(14-4-1)35-25-27-37(28-26-35)53-56-54(39-29-30-45-44-19-9-10-24-49(44)59-50(45)33-39)58-55(57-53)48-32-40(31-38-17-7-8-18-41(38)48)43-21-12-23-47-46-22-11-20-42(51(46)60-52(43)47)36-15-5-2-6-16-36/h1-33H/i2D,5D,6D,15D,16D. The number of aromatic nitrogens is 3. The van der Waals surface area contributed by atoms with Crippen LogP contribution in [0.2, 0.25) is 0 Å². The van der Waals surface area contributed by atoms with E-state index in [4.69, 9.17) is 26.2 Å². The number of rotatable bonds is 6. The minimum atomic E-state index is -0.410. The molecule has 0 aliphatic carbocycles. The quantitative estimate of drug-likeness (QED) is 0.168. The maximum absolute atomic E-state index is 8.80. The zero-order valence-corrected chi connectivity index (χ0v) is 32.6. The minimum Gasteiger partial charge on any atom is -0.456 e. The summed E-state index contributed by atoms with van der Waals surface area (Å²) in [7, 11) is 0. The first-order chi connectivity index (χ1) is 31.8. The van der Waals surface area contributed by atoms with Crippen molar-refractivity contribution in [2.24, 2.45) is 0 Å². The second-order valence-electron chi connectivity index (χ2n) is 14.8. The Morgan fingerprint density at radius 1 is 0.367 bits per heavy atom. The summed E-state index contributed by atoms with van der Waals surface area (Å²) in [6.07, 6.45) is 0. The van der Waals surface area contributed by atoms with Gasteiger partial charge in [0.1, 0.15) is 11.2 Å². The molecule has 3 heterocycles. The molecule has 9 aromatic carbocycles. The molecule has 0 unspecified atom stereocenters. The highest BCUT2D eigenvalue weighted by Crippen LogP contribution is 2.45. The SMILES string of the molecule is [2H]c1c([2H])c([2H])c(-c2cccc3c2sc2c(-c4cc(-c5nc(-c6ccc(-c7ccccc7)cc6)nc(-c6ccc7c(c6)oc6ccccc67)n5)c5ccccc5c4)cccc23)c([2H])c1[2H]. The Balaban J connectivity index is 1.06. The topological polar surface area (TPSA) is 51.8 Å². The van der Waals surface area contributed by atoms with Crippen molar-refractivity contribution in [3.8, 4) is 67.5 Å². The van der Waals surface area contributed by atoms with Crippen molar-refractivity contribution in [3.63, 3.8) is 0 Å². The van der Waals surface area contributed by atoms with Crippen molar-refractivity contribution in [3.05, 3.63) is 200 Å². The molecule has 60 heavy (non-hydrogen) atoms. The summed E-state index contributed by atoms with van der Waals surface area (Å²) in [5.74, 6) is 1.57. The van der Waals surface area contributed by atoms with Crippen LogP contribution in [0.3, 0.4) is 0 Å². The average molecular weight is 789 g/mol. The molecule has 0 bridgehead atoms. The van der Waals surface area contributed by atoms with Crippen LogP contribution < -0.4 is 0 Å². The van der Waals surface area contributed by atoms with Crippen molar-refractivity contribution < 1.29 is 11.3 Å². The lowest BCUT2D eigenvalue weighted by Gasteiger charge is -2.13. The predicted molar refractivity (Wildman–Crippen MR) is 250 cm³/mol. The fourth-order valence-corrected chi connectivity index (χ4v) is 9.70. The van der Waals surface area contributed by atoms with Crippen molar-refractivity contribution >= 4 is 64.2 Å². The van der Waals surface area contributed by atoms with Gasteiger partial charge < -0.3 is 4.42 Å². The number of fused-ring (bicyclic) bond motifs is 7. The fourth-order valence-electron chi connectivity index (χ4n) is 8.34. The van der Waals surface area contributed by atoms with Crippen molar-refractivity contribution in [2.45, 2.75) is 0 Å². The lowest BCUT2D eigenvalue weighted by molar-refractivity contribution is 0.669. The number of para-hydroxylation sites is 1. The van der Waals surface area contributed by atoms with Gasteiger partial charge in [0.05, 0.1) is 6.85 Å². The van der Waals surface area contributed by atoms with Gasteiger partial charge >= 0.3 is 0 Å². The van der Waals surface area contributed by atoms with Crippen molar-refractivity contribution in [1.29, 1.82) is 0 Å². The van der Waals surface area contributed by atoms with E-state index in [2.05, 4.69) is 84.9 Å². The largest absolute Gasteiger partial charge is 0.456 e. The van der Waals surface area contributed by atoms with E-state index in [0.29, 0.717) is 23.0 Å². The number of hydrogen-bond acceptors (Lipinski definition) is 5. The Hall–Kier alpha value is -7.73. The molecule has 0 saturated carbocycles. The van der Waals surface area contributed by atoms with E-state index in [1.165, 1.54) is 0 Å². The molecule has 0 radical (unpaired) electrons. The summed E-state index contributed by atoms with van der Waals surface area (Å²) >= 11 is 1.56. The fraction of sp³-hybridized carbons (Fsp3) is 0. The molecule has 4 nitrogen and oxygen atoms in total. The minimum absolute atomic E-state index is 0.193. The number of hydrogen-bond donors (Lipinski definition) is 0. The van der Waals surface area contributed by atoms with E-state index in [0.717, 1.165) is 91.8 Å². The maximum atomic E-state index is 8.80.